The predicted molar refractivity (Wildman–Crippen MR) is 67.4 cm³/mol. The van der Waals surface area contributed by atoms with Gasteiger partial charge in [0.2, 0.25) is 5.16 Å². The van der Waals surface area contributed by atoms with Crippen LogP contribution in [0.2, 0.25) is 0 Å². The van der Waals surface area contributed by atoms with Gasteiger partial charge in [0.25, 0.3) is 5.78 Å². The number of H-pyrrole nitrogens is 1. The largest absolute Gasteiger partial charge is 0.416 e. The molecule has 0 aliphatic carbocycles. The highest BCUT2D eigenvalue weighted by Crippen LogP contribution is 2.30. The molecule has 20 heavy (non-hydrogen) atoms. The molecule has 104 valence electrons. The number of hydrogen-bond donors (Lipinski definition) is 1. The summed E-state index contributed by atoms with van der Waals surface area (Å²) in [5.41, 5.74) is -0.139. The molecule has 0 spiro atoms. The molecule has 0 aliphatic rings. The molecule has 0 unspecified atom stereocenters. The van der Waals surface area contributed by atoms with Crippen LogP contribution in [0.3, 0.4) is 0 Å². The summed E-state index contributed by atoms with van der Waals surface area (Å²) in [5, 5.41) is 11.3. The highest BCUT2D eigenvalue weighted by atomic mass is 32.2. The molecule has 0 aliphatic heterocycles. The Morgan fingerprint density at radius 3 is 2.45 bits per heavy atom. The van der Waals surface area contributed by atoms with Crippen LogP contribution in [-0.4, -0.2) is 31.1 Å². The standard InChI is InChI=1S/C11H8F3N5S/c1-20-10-17-16-9-15-8(18-19(9)10)6-2-4-7(5-3-6)11(12,13)14/h2-5H,1H3,(H,15,16,18). The number of aromatic nitrogens is 5. The highest BCUT2D eigenvalue weighted by Gasteiger charge is 2.30. The summed E-state index contributed by atoms with van der Waals surface area (Å²) in [7, 11) is 0. The Morgan fingerprint density at radius 2 is 1.85 bits per heavy atom. The first-order valence-electron chi connectivity index (χ1n) is 5.52. The van der Waals surface area contributed by atoms with Crippen molar-refractivity contribution < 1.29 is 13.2 Å². The quantitative estimate of drug-likeness (QED) is 0.739. The Balaban J connectivity index is 2.00. The highest BCUT2D eigenvalue weighted by molar-refractivity contribution is 7.98. The second kappa shape index (κ2) is 4.51. The zero-order valence-electron chi connectivity index (χ0n) is 10.1. The van der Waals surface area contributed by atoms with Crippen molar-refractivity contribution in [2.24, 2.45) is 0 Å². The lowest BCUT2D eigenvalue weighted by molar-refractivity contribution is -0.137. The van der Waals surface area contributed by atoms with Gasteiger partial charge < -0.3 is 0 Å². The molecule has 0 saturated heterocycles. The Hall–Kier alpha value is -2.03. The van der Waals surface area contributed by atoms with Crippen LogP contribution >= 0.6 is 11.8 Å². The van der Waals surface area contributed by atoms with Gasteiger partial charge in [0.15, 0.2) is 5.82 Å². The number of nitrogens with one attached hydrogen (secondary N) is 1. The van der Waals surface area contributed by atoms with E-state index in [4.69, 9.17) is 0 Å². The Bertz CT molecular complexity index is 744. The number of benzene rings is 1. The molecular weight excluding hydrogens is 291 g/mol. The molecule has 3 aromatic rings. The van der Waals surface area contributed by atoms with Crippen molar-refractivity contribution in [3.63, 3.8) is 0 Å². The lowest BCUT2D eigenvalue weighted by atomic mass is 10.1. The molecule has 5 nitrogen and oxygen atoms in total. The van der Waals surface area contributed by atoms with E-state index in [0.717, 1.165) is 12.1 Å². The molecular formula is C11H8F3N5S. The van der Waals surface area contributed by atoms with Crippen molar-refractivity contribution in [1.29, 1.82) is 0 Å². The van der Waals surface area contributed by atoms with Gasteiger partial charge >= 0.3 is 6.18 Å². The summed E-state index contributed by atoms with van der Waals surface area (Å²) in [5.74, 6) is 0.822. The number of hydrogen-bond acceptors (Lipinski definition) is 4. The van der Waals surface area contributed by atoms with Gasteiger partial charge in [0.05, 0.1) is 5.56 Å². The minimum Gasteiger partial charge on any atom is -0.272 e. The zero-order chi connectivity index (χ0) is 14.3. The molecule has 0 fully saturated rings. The number of alkyl halides is 3. The van der Waals surface area contributed by atoms with Crippen molar-refractivity contribution in [1.82, 2.24) is 24.8 Å². The van der Waals surface area contributed by atoms with Crippen LogP contribution in [0.1, 0.15) is 5.56 Å². The van der Waals surface area contributed by atoms with E-state index < -0.39 is 11.7 Å². The molecule has 0 saturated carbocycles. The maximum atomic E-state index is 12.5. The number of thioether (sulfide) groups is 1. The van der Waals surface area contributed by atoms with Gasteiger partial charge in [0, 0.05) is 5.56 Å². The molecule has 1 aromatic carbocycles. The van der Waals surface area contributed by atoms with Crippen LogP contribution in [0, 0.1) is 0 Å². The third-order valence-electron chi connectivity index (χ3n) is 2.71. The summed E-state index contributed by atoms with van der Waals surface area (Å²) < 4.78 is 39.1. The monoisotopic (exact) mass is 299 g/mol. The molecule has 3 rings (SSSR count). The van der Waals surface area contributed by atoms with Gasteiger partial charge in [0.1, 0.15) is 0 Å². The van der Waals surface area contributed by atoms with Gasteiger partial charge in [-0.25, -0.2) is 0 Å². The van der Waals surface area contributed by atoms with E-state index in [1.165, 1.54) is 23.9 Å². The zero-order valence-corrected chi connectivity index (χ0v) is 11.0. The topological polar surface area (TPSA) is 58.9 Å². The minimum atomic E-state index is -4.34. The van der Waals surface area contributed by atoms with E-state index >= 15 is 0 Å². The number of aromatic amines is 1. The van der Waals surface area contributed by atoms with E-state index in [-0.39, 0.29) is 0 Å². The number of halogens is 3. The summed E-state index contributed by atoms with van der Waals surface area (Å²) in [6.07, 6.45) is -2.50. The summed E-state index contributed by atoms with van der Waals surface area (Å²) in [6, 6.07) is 4.78. The predicted octanol–water partition coefficient (Wildman–Crippen LogP) is 2.86. The number of fused-ring (bicyclic) bond motifs is 1. The fraction of sp³-hybridized carbons (Fsp3) is 0.182. The van der Waals surface area contributed by atoms with Crippen molar-refractivity contribution in [2.75, 3.05) is 6.26 Å². The Kier molecular flexibility index (Phi) is 2.93. The van der Waals surface area contributed by atoms with Gasteiger partial charge in [-0.05, 0) is 18.4 Å². The van der Waals surface area contributed by atoms with Gasteiger partial charge in [-0.1, -0.05) is 23.9 Å². The lowest BCUT2D eigenvalue weighted by Crippen LogP contribution is -2.04. The van der Waals surface area contributed by atoms with Crippen LogP contribution < -0.4 is 0 Å². The van der Waals surface area contributed by atoms with Crippen molar-refractivity contribution >= 4 is 17.5 Å². The van der Waals surface area contributed by atoms with Crippen molar-refractivity contribution in [2.45, 2.75) is 11.3 Å². The van der Waals surface area contributed by atoms with E-state index in [1.807, 2.05) is 6.26 Å². The average molecular weight is 299 g/mol. The van der Waals surface area contributed by atoms with E-state index in [2.05, 4.69) is 20.3 Å². The Labute approximate surface area is 115 Å². The van der Waals surface area contributed by atoms with E-state index in [1.54, 1.807) is 4.52 Å². The molecule has 0 amide bonds. The normalized spacial score (nSPS) is 12.2. The fourth-order valence-electron chi connectivity index (χ4n) is 1.74. The molecule has 2 aromatic heterocycles. The molecule has 1 N–H and O–H groups in total. The number of nitrogens with zero attached hydrogens (tertiary/aromatic N) is 4. The minimum absolute atomic E-state index is 0.379. The SMILES string of the molecule is CSc1nnc2nc(-c3ccc(C(F)(F)F)cc3)[nH]n12. The summed E-state index contributed by atoms with van der Waals surface area (Å²) in [6.45, 7) is 0. The van der Waals surface area contributed by atoms with Gasteiger partial charge in [-0.2, -0.15) is 22.7 Å². The van der Waals surface area contributed by atoms with Crippen LogP contribution in [-0.2, 0) is 6.18 Å². The van der Waals surface area contributed by atoms with E-state index in [0.29, 0.717) is 22.3 Å². The van der Waals surface area contributed by atoms with E-state index in [9.17, 15) is 13.2 Å². The summed E-state index contributed by atoms with van der Waals surface area (Å²) in [4.78, 5) is 4.18. The Morgan fingerprint density at radius 1 is 1.15 bits per heavy atom. The average Bonchev–Trinajstić information content (AvgIpc) is 2.97. The molecule has 0 radical (unpaired) electrons. The van der Waals surface area contributed by atoms with Crippen LogP contribution in [0.5, 0.6) is 0 Å². The van der Waals surface area contributed by atoms with Crippen molar-refractivity contribution in [3.05, 3.63) is 29.8 Å². The second-order valence-electron chi connectivity index (χ2n) is 3.97. The maximum Gasteiger partial charge on any atom is 0.416 e. The first kappa shape index (κ1) is 13.0. The van der Waals surface area contributed by atoms with Crippen LogP contribution in [0.15, 0.2) is 29.4 Å². The van der Waals surface area contributed by atoms with Crippen LogP contribution in [0.25, 0.3) is 17.2 Å². The van der Waals surface area contributed by atoms with Gasteiger partial charge in [-0.15, -0.1) is 10.2 Å². The summed E-state index contributed by atoms with van der Waals surface area (Å²) >= 11 is 1.39. The third-order valence-corrected chi connectivity index (χ3v) is 3.34. The fourth-order valence-corrected chi connectivity index (χ4v) is 2.17. The van der Waals surface area contributed by atoms with Gasteiger partial charge in [-0.3, -0.25) is 5.10 Å². The second-order valence-corrected chi connectivity index (χ2v) is 4.74. The molecule has 0 atom stereocenters. The third kappa shape index (κ3) is 2.13. The molecule has 2 heterocycles. The first-order chi connectivity index (χ1) is 9.49. The lowest BCUT2D eigenvalue weighted by Gasteiger charge is -2.06. The molecule has 9 heteroatoms. The molecule has 0 bridgehead atoms. The smallest absolute Gasteiger partial charge is 0.272 e. The van der Waals surface area contributed by atoms with Crippen LogP contribution in [0.4, 0.5) is 13.2 Å². The maximum absolute atomic E-state index is 12.5. The van der Waals surface area contributed by atoms with Crippen molar-refractivity contribution in [3.8, 4) is 11.4 Å². The first-order valence-corrected chi connectivity index (χ1v) is 6.74. The number of rotatable bonds is 2.